The standard InChI is InChI=1S/C16H13BrO4/c1-10(18)12-7-14(17)15(8-13(12)16(19)20)21-9-11-5-3-2-4-6-11/h2-8H,9H2,1H3,(H,19,20). The van der Waals surface area contributed by atoms with Gasteiger partial charge in [0.2, 0.25) is 0 Å². The molecule has 0 fully saturated rings. The van der Waals surface area contributed by atoms with Crippen LogP contribution in [-0.4, -0.2) is 16.9 Å². The molecule has 0 unspecified atom stereocenters. The van der Waals surface area contributed by atoms with Gasteiger partial charge in [0.15, 0.2) is 5.78 Å². The van der Waals surface area contributed by atoms with Gasteiger partial charge in [-0.25, -0.2) is 4.79 Å². The lowest BCUT2D eigenvalue weighted by atomic mass is 10.0. The van der Waals surface area contributed by atoms with E-state index < -0.39 is 5.97 Å². The minimum Gasteiger partial charge on any atom is -0.488 e. The molecule has 0 aliphatic rings. The van der Waals surface area contributed by atoms with E-state index in [1.54, 1.807) is 0 Å². The van der Waals surface area contributed by atoms with Crippen molar-refractivity contribution in [2.24, 2.45) is 0 Å². The van der Waals surface area contributed by atoms with E-state index in [0.717, 1.165) is 5.56 Å². The molecule has 2 aromatic carbocycles. The van der Waals surface area contributed by atoms with Gasteiger partial charge in [-0.1, -0.05) is 30.3 Å². The molecular formula is C16H13BrO4. The number of halogens is 1. The van der Waals surface area contributed by atoms with Crippen LogP contribution in [0.15, 0.2) is 46.9 Å². The van der Waals surface area contributed by atoms with E-state index >= 15 is 0 Å². The van der Waals surface area contributed by atoms with Crippen LogP contribution in [0.1, 0.15) is 33.2 Å². The Balaban J connectivity index is 2.30. The van der Waals surface area contributed by atoms with Crippen LogP contribution in [0.2, 0.25) is 0 Å². The second-order valence-electron chi connectivity index (χ2n) is 4.46. The molecule has 0 atom stereocenters. The molecule has 0 saturated heterocycles. The summed E-state index contributed by atoms with van der Waals surface area (Å²) in [6.07, 6.45) is 0. The summed E-state index contributed by atoms with van der Waals surface area (Å²) in [5.41, 5.74) is 1.06. The van der Waals surface area contributed by atoms with Crippen LogP contribution in [-0.2, 0) is 6.61 Å². The average Bonchev–Trinajstić information content (AvgIpc) is 2.46. The van der Waals surface area contributed by atoms with Crippen LogP contribution in [0.5, 0.6) is 5.75 Å². The Kier molecular flexibility index (Phi) is 4.75. The van der Waals surface area contributed by atoms with Crippen molar-refractivity contribution < 1.29 is 19.4 Å². The minimum atomic E-state index is -1.16. The summed E-state index contributed by atoms with van der Waals surface area (Å²) < 4.78 is 6.18. The number of rotatable bonds is 5. The smallest absolute Gasteiger partial charge is 0.336 e. The third-order valence-corrected chi connectivity index (χ3v) is 3.54. The maximum Gasteiger partial charge on any atom is 0.336 e. The van der Waals surface area contributed by atoms with E-state index in [1.807, 2.05) is 30.3 Å². The Morgan fingerprint density at radius 2 is 1.81 bits per heavy atom. The van der Waals surface area contributed by atoms with Crippen molar-refractivity contribution in [3.63, 3.8) is 0 Å². The second kappa shape index (κ2) is 6.54. The predicted octanol–water partition coefficient (Wildman–Crippen LogP) is 3.93. The molecule has 0 aromatic heterocycles. The van der Waals surface area contributed by atoms with Gasteiger partial charge in [0.25, 0.3) is 0 Å². The number of ether oxygens (including phenoxy) is 1. The molecule has 21 heavy (non-hydrogen) atoms. The topological polar surface area (TPSA) is 63.6 Å². The molecular weight excluding hydrogens is 336 g/mol. The number of carboxylic acid groups (broad SMARTS) is 1. The maximum absolute atomic E-state index is 11.5. The van der Waals surface area contributed by atoms with Gasteiger partial charge in [-0.2, -0.15) is 0 Å². The van der Waals surface area contributed by atoms with E-state index in [4.69, 9.17) is 4.74 Å². The number of hydrogen-bond donors (Lipinski definition) is 1. The SMILES string of the molecule is CC(=O)c1cc(Br)c(OCc2ccccc2)cc1C(=O)O. The van der Waals surface area contributed by atoms with Gasteiger partial charge in [0, 0.05) is 5.56 Å². The summed E-state index contributed by atoms with van der Waals surface area (Å²) >= 11 is 3.30. The molecule has 0 bridgehead atoms. The molecule has 0 amide bonds. The molecule has 0 aliphatic carbocycles. The molecule has 5 heteroatoms. The fraction of sp³-hybridized carbons (Fsp3) is 0.125. The van der Waals surface area contributed by atoms with Gasteiger partial charge < -0.3 is 9.84 Å². The molecule has 0 saturated carbocycles. The Bertz CT molecular complexity index is 680. The molecule has 0 heterocycles. The van der Waals surface area contributed by atoms with Crippen LogP contribution in [0.3, 0.4) is 0 Å². The first-order valence-corrected chi connectivity index (χ1v) is 7.03. The summed E-state index contributed by atoms with van der Waals surface area (Å²) in [4.78, 5) is 22.7. The van der Waals surface area contributed by atoms with Crippen LogP contribution < -0.4 is 4.74 Å². The van der Waals surface area contributed by atoms with Gasteiger partial charge >= 0.3 is 5.97 Å². The average molecular weight is 349 g/mol. The van der Waals surface area contributed by atoms with E-state index in [9.17, 15) is 14.7 Å². The zero-order chi connectivity index (χ0) is 15.4. The van der Waals surface area contributed by atoms with Gasteiger partial charge in [0.1, 0.15) is 12.4 Å². The summed E-state index contributed by atoms with van der Waals surface area (Å²) in [6, 6.07) is 12.4. The third-order valence-electron chi connectivity index (χ3n) is 2.92. The van der Waals surface area contributed by atoms with Crippen LogP contribution in [0, 0.1) is 0 Å². The van der Waals surface area contributed by atoms with Crippen LogP contribution in [0.4, 0.5) is 0 Å². The molecule has 0 radical (unpaired) electrons. The minimum absolute atomic E-state index is 0.0613. The lowest BCUT2D eigenvalue weighted by Gasteiger charge is -2.11. The molecule has 4 nitrogen and oxygen atoms in total. The van der Waals surface area contributed by atoms with Gasteiger partial charge in [0.05, 0.1) is 10.0 Å². The summed E-state index contributed by atoms with van der Waals surface area (Å²) in [5.74, 6) is -1.07. The highest BCUT2D eigenvalue weighted by atomic mass is 79.9. The number of carbonyl (C=O) groups excluding carboxylic acids is 1. The van der Waals surface area contributed by atoms with E-state index in [1.165, 1.54) is 19.1 Å². The molecule has 108 valence electrons. The first kappa shape index (κ1) is 15.3. The highest BCUT2D eigenvalue weighted by Gasteiger charge is 2.17. The van der Waals surface area contributed by atoms with Crippen molar-refractivity contribution in [3.8, 4) is 5.75 Å². The first-order chi connectivity index (χ1) is 9.99. The normalized spacial score (nSPS) is 10.2. The fourth-order valence-electron chi connectivity index (χ4n) is 1.87. The lowest BCUT2D eigenvalue weighted by molar-refractivity contribution is 0.0691. The predicted molar refractivity (Wildman–Crippen MR) is 81.9 cm³/mol. The first-order valence-electron chi connectivity index (χ1n) is 6.23. The lowest BCUT2D eigenvalue weighted by Crippen LogP contribution is -2.07. The third kappa shape index (κ3) is 3.70. The fourth-order valence-corrected chi connectivity index (χ4v) is 2.33. The van der Waals surface area contributed by atoms with Crippen LogP contribution in [0.25, 0.3) is 0 Å². The number of hydrogen-bond acceptors (Lipinski definition) is 3. The maximum atomic E-state index is 11.5. The molecule has 1 N–H and O–H groups in total. The van der Waals surface area contributed by atoms with Gasteiger partial charge in [-0.15, -0.1) is 0 Å². The zero-order valence-corrected chi connectivity index (χ0v) is 12.9. The monoisotopic (exact) mass is 348 g/mol. The molecule has 2 aromatic rings. The largest absolute Gasteiger partial charge is 0.488 e. The highest BCUT2D eigenvalue weighted by Crippen LogP contribution is 2.30. The van der Waals surface area contributed by atoms with Gasteiger partial charge in [-0.05, 0) is 40.5 Å². The molecule has 0 spiro atoms. The summed E-state index contributed by atoms with van der Waals surface area (Å²) in [6.45, 7) is 1.65. The van der Waals surface area contributed by atoms with E-state index in [2.05, 4.69) is 15.9 Å². The number of Topliss-reactive ketones (excluding diaryl/α,β-unsaturated/α-hetero) is 1. The second-order valence-corrected chi connectivity index (χ2v) is 5.32. The number of aromatic carboxylic acids is 1. The van der Waals surface area contributed by atoms with Crippen molar-refractivity contribution in [1.29, 1.82) is 0 Å². The summed E-state index contributed by atoms with van der Waals surface area (Å²) in [7, 11) is 0. The number of carbonyl (C=O) groups is 2. The van der Waals surface area contributed by atoms with Crippen molar-refractivity contribution in [1.82, 2.24) is 0 Å². The number of benzene rings is 2. The van der Waals surface area contributed by atoms with Gasteiger partial charge in [-0.3, -0.25) is 4.79 Å². The van der Waals surface area contributed by atoms with Crippen molar-refractivity contribution >= 4 is 27.7 Å². The zero-order valence-electron chi connectivity index (χ0n) is 11.3. The highest BCUT2D eigenvalue weighted by molar-refractivity contribution is 9.10. The van der Waals surface area contributed by atoms with E-state index in [0.29, 0.717) is 16.8 Å². The Hall–Kier alpha value is -2.14. The Labute approximate surface area is 130 Å². The molecule has 2 rings (SSSR count). The van der Waals surface area contributed by atoms with Crippen molar-refractivity contribution in [3.05, 3.63) is 63.6 Å². The number of carboxylic acids is 1. The van der Waals surface area contributed by atoms with Crippen molar-refractivity contribution in [2.75, 3.05) is 0 Å². The Morgan fingerprint density at radius 1 is 1.14 bits per heavy atom. The van der Waals surface area contributed by atoms with Crippen LogP contribution >= 0.6 is 15.9 Å². The van der Waals surface area contributed by atoms with Crippen molar-refractivity contribution in [2.45, 2.75) is 13.5 Å². The Morgan fingerprint density at radius 3 is 2.38 bits per heavy atom. The summed E-state index contributed by atoms with van der Waals surface area (Å²) in [5, 5.41) is 9.19. The van der Waals surface area contributed by atoms with E-state index in [-0.39, 0.29) is 16.9 Å². The molecule has 0 aliphatic heterocycles. The quantitative estimate of drug-likeness (QED) is 0.831. The number of ketones is 1.